The minimum atomic E-state index is -5.31. The summed E-state index contributed by atoms with van der Waals surface area (Å²) in [5, 5.41) is 2.80. The molecule has 0 aliphatic heterocycles. The molecule has 0 saturated heterocycles. The van der Waals surface area contributed by atoms with Gasteiger partial charge in [-0.3, -0.25) is 0 Å². The van der Waals surface area contributed by atoms with E-state index in [0.29, 0.717) is 6.54 Å². The van der Waals surface area contributed by atoms with Crippen LogP contribution in [0.5, 0.6) is 0 Å². The summed E-state index contributed by atoms with van der Waals surface area (Å²) in [6, 6.07) is 5.13. The van der Waals surface area contributed by atoms with Crippen LogP contribution in [-0.4, -0.2) is 20.5 Å². The van der Waals surface area contributed by atoms with Crippen LogP contribution in [0.3, 0.4) is 0 Å². The fourth-order valence-electron chi connectivity index (χ4n) is 1.99. The summed E-state index contributed by atoms with van der Waals surface area (Å²) in [4.78, 5) is -0.709. The van der Waals surface area contributed by atoms with Crippen LogP contribution in [0, 0.1) is 5.92 Å². The maximum absolute atomic E-state index is 12.6. The SMILES string of the molecule is O=S(=O)(c1ccccc1NCCCC1CC1)C(F)(F)F. The number of hydrogen-bond donors (Lipinski definition) is 1. The third-order valence-corrected chi connectivity index (χ3v) is 4.83. The molecule has 0 amide bonds. The van der Waals surface area contributed by atoms with Gasteiger partial charge in [0.25, 0.3) is 9.84 Å². The fraction of sp³-hybridized carbons (Fsp3) is 0.538. The van der Waals surface area contributed by atoms with E-state index in [0.717, 1.165) is 24.8 Å². The second kappa shape index (κ2) is 5.63. The number of benzene rings is 1. The maximum atomic E-state index is 12.6. The smallest absolute Gasteiger partial charge is 0.384 e. The summed E-state index contributed by atoms with van der Waals surface area (Å²) in [5.74, 6) is 0.742. The number of alkyl halides is 3. The molecule has 7 heteroatoms. The number of para-hydroxylation sites is 1. The molecule has 1 fully saturated rings. The zero-order chi connectivity index (χ0) is 14.8. The zero-order valence-electron chi connectivity index (χ0n) is 10.8. The Morgan fingerprint density at radius 1 is 1.20 bits per heavy atom. The average Bonchev–Trinajstić information content (AvgIpc) is 3.18. The summed E-state index contributed by atoms with van der Waals surface area (Å²) < 4.78 is 60.7. The minimum Gasteiger partial charge on any atom is -0.384 e. The Labute approximate surface area is 116 Å². The average molecular weight is 307 g/mol. The van der Waals surface area contributed by atoms with Crippen molar-refractivity contribution in [2.75, 3.05) is 11.9 Å². The Kier molecular flexibility index (Phi) is 4.27. The molecule has 0 bridgehead atoms. The molecule has 0 atom stereocenters. The zero-order valence-corrected chi connectivity index (χ0v) is 11.6. The Hall–Kier alpha value is -1.24. The highest BCUT2D eigenvalue weighted by Gasteiger charge is 2.47. The molecule has 0 unspecified atom stereocenters. The van der Waals surface area contributed by atoms with Crippen LogP contribution in [0.15, 0.2) is 29.2 Å². The van der Waals surface area contributed by atoms with E-state index in [-0.39, 0.29) is 5.69 Å². The lowest BCUT2D eigenvalue weighted by Gasteiger charge is -2.14. The molecule has 1 aromatic rings. The molecule has 1 saturated carbocycles. The monoisotopic (exact) mass is 307 g/mol. The summed E-state index contributed by atoms with van der Waals surface area (Å²) >= 11 is 0. The van der Waals surface area contributed by atoms with E-state index >= 15 is 0 Å². The van der Waals surface area contributed by atoms with Crippen molar-refractivity contribution < 1.29 is 21.6 Å². The highest BCUT2D eigenvalue weighted by atomic mass is 32.2. The van der Waals surface area contributed by atoms with Crippen LogP contribution in [0.4, 0.5) is 18.9 Å². The standard InChI is InChI=1S/C13H16F3NO2S/c14-13(15,16)20(18,19)12-6-2-1-5-11(12)17-9-3-4-10-7-8-10/h1-2,5-6,10,17H,3-4,7-9H2. The van der Waals surface area contributed by atoms with E-state index in [2.05, 4.69) is 5.32 Å². The third kappa shape index (κ3) is 3.45. The lowest BCUT2D eigenvalue weighted by molar-refractivity contribution is -0.0435. The van der Waals surface area contributed by atoms with Crippen molar-refractivity contribution in [1.29, 1.82) is 0 Å². The third-order valence-electron chi connectivity index (χ3n) is 3.28. The maximum Gasteiger partial charge on any atom is 0.501 e. The molecule has 0 radical (unpaired) electrons. The second-order valence-corrected chi connectivity index (χ2v) is 6.87. The Bertz CT molecular complexity index is 565. The number of hydrogen-bond acceptors (Lipinski definition) is 3. The molecule has 0 aromatic heterocycles. The molecule has 2 rings (SSSR count). The molecular weight excluding hydrogens is 291 g/mol. The molecule has 3 nitrogen and oxygen atoms in total. The van der Waals surface area contributed by atoms with Crippen LogP contribution < -0.4 is 5.32 Å². The minimum absolute atomic E-state index is 0.0145. The fourth-order valence-corrected chi connectivity index (χ4v) is 2.93. The molecule has 1 aliphatic rings. The van der Waals surface area contributed by atoms with E-state index < -0.39 is 20.2 Å². The number of rotatable bonds is 6. The van der Waals surface area contributed by atoms with E-state index in [4.69, 9.17) is 0 Å². The van der Waals surface area contributed by atoms with Gasteiger partial charge < -0.3 is 5.32 Å². The lowest BCUT2D eigenvalue weighted by atomic mass is 10.2. The second-order valence-electron chi connectivity index (χ2n) is 4.96. The van der Waals surface area contributed by atoms with Gasteiger partial charge in [-0.1, -0.05) is 25.0 Å². The van der Waals surface area contributed by atoms with Crippen LogP contribution in [0.1, 0.15) is 25.7 Å². The van der Waals surface area contributed by atoms with Crippen LogP contribution in [0.25, 0.3) is 0 Å². The molecule has 20 heavy (non-hydrogen) atoms. The Morgan fingerprint density at radius 3 is 2.45 bits per heavy atom. The topological polar surface area (TPSA) is 46.2 Å². The van der Waals surface area contributed by atoms with Crippen molar-refractivity contribution in [2.45, 2.75) is 36.1 Å². The Morgan fingerprint density at radius 2 is 1.85 bits per heavy atom. The van der Waals surface area contributed by atoms with Crippen LogP contribution >= 0.6 is 0 Å². The molecular formula is C13H16F3NO2S. The van der Waals surface area contributed by atoms with Gasteiger partial charge in [-0.15, -0.1) is 0 Å². The molecule has 1 aromatic carbocycles. The Balaban J connectivity index is 2.09. The van der Waals surface area contributed by atoms with Crippen molar-refractivity contribution in [1.82, 2.24) is 0 Å². The van der Waals surface area contributed by atoms with E-state index in [1.165, 1.54) is 31.0 Å². The molecule has 0 spiro atoms. The van der Waals surface area contributed by atoms with Crippen molar-refractivity contribution in [3.05, 3.63) is 24.3 Å². The van der Waals surface area contributed by atoms with E-state index in [1.807, 2.05) is 0 Å². The lowest BCUT2D eigenvalue weighted by Crippen LogP contribution is -2.24. The number of nitrogens with one attached hydrogen (secondary N) is 1. The highest BCUT2D eigenvalue weighted by Crippen LogP contribution is 2.35. The summed E-state index contributed by atoms with van der Waals surface area (Å²) in [6.45, 7) is 0.473. The van der Waals surface area contributed by atoms with Crippen molar-refractivity contribution in [3.8, 4) is 0 Å². The summed E-state index contributed by atoms with van der Waals surface area (Å²) in [6.07, 6.45) is 4.30. The van der Waals surface area contributed by atoms with Gasteiger partial charge in [0.1, 0.15) is 0 Å². The molecule has 1 aliphatic carbocycles. The van der Waals surface area contributed by atoms with Gasteiger partial charge >= 0.3 is 5.51 Å². The quantitative estimate of drug-likeness (QED) is 0.817. The first kappa shape index (κ1) is 15.2. The normalized spacial score (nSPS) is 16.1. The predicted molar refractivity (Wildman–Crippen MR) is 70.1 cm³/mol. The van der Waals surface area contributed by atoms with Crippen LogP contribution in [0.2, 0.25) is 0 Å². The largest absolute Gasteiger partial charge is 0.501 e. The van der Waals surface area contributed by atoms with Crippen molar-refractivity contribution >= 4 is 15.5 Å². The first-order chi connectivity index (χ1) is 9.32. The first-order valence-corrected chi connectivity index (χ1v) is 7.95. The van der Waals surface area contributed by atoms with Crippen molar-refractivity contribution in [3.63, 3.8) is 0 Å². The summed E-state index contributed by atoms with van der Waals surface area (Å²) in [5.41, 5.74) is -5.26. The van der Waals surface area contributed by atoms with E-state index in [1.54, 1.807) is 0 Å². The van der Waals surface area contributed by atoms with Gasteiger partial charge in [-0.25, -0.2) is 8.42 Å². The van der Waals surface area contributed by atoms with Gasteiger partial charge in [0.05, 0.1) is 10.6 Å². The van der Waals surface area contributed by atoms with Gasteiger partial charge in [0, 0.05) is 6.54 Å². The van der Waals surface area contributed by atoms with Crippen LogP contribution in [-0.2, 0) is 9.84 Å². The molecule has 1 N–H and O–H groups in total. The first-order valence-electron chi connectivity index (χ1n) is 6.46. The molecule has 112 valence electrons. The van der Waals surface area contributed by atoms with Crippen molar-refractivity contribution in [2.24, 2.45) is 5.92 Å². The summed E-state index contributed by atoms with van der Waals surface area (Å²) in [7, 11) is -5.31. The number of sulfone groups is 1. The highest BCUT2D eigenvalue weighted by molar-refractivity contribution is 7.92. The molecule has 0 heterocycles. The number of anilines is 1. The van der Waals surface area contributed by atoms with Gasteiger partial charge in [0.2, 0.25) is 0 Å². The van der Waals surface area contributed by atoms with Gasteiger partial charge in [-0.2, -0.15) is 13.2 Å². The predicted octanol–water partition coefficient (Wildman–Crippen LogP) is 3.58. The van der Waals surface area contributed by atoms with E-state index in [9.17, 15) is 21.6 Å². The van der Waals surface area contributed by atoms with Gasteiger partial charge in [0.15, 0.2) is 0 Å². The van der Waals surface area contributed by atoms with Gasteiger partial charge in [-0.05, 0) is 30.9 Å². The number of halogens is 3.